The summed E-state index contributed by atoms with van der Waals surface area (Å²) in [4.78, 5) is 0. The van der Waals surface area contributed by atoms with Crippen molar-refractivity contribution < 1.29 is 46.3 Å². The van der Waals surface area contributed by atoms with Crippen LogP contribution in [0.5, 0.6) is 28.7 Å². The molecule has 2 aromatic carbocycles. The SMILES string of the molecule is COc1ccc(CC2(CO)CNCC2c2cc(OC)c(OC)c(OC)c2)cc1OC.O=S(=O)(O)O. The summed E-state index contributed by atoms with van der Waals surface area (Å²) in [5.74, 6) is 3.20. The van der Waals surface area contributed by atoms with Gasteiger partial charge in [0.2, 0.25) is 5.75 Å². The number of aliphatic hydroxyl groups excluding tert-OH is 1. The molecular formula is C23H33NO10S. The summed E-state index contributed by atoms with van der Waals surface area (Å²) in [6.07, 6.45) is 0.679. The van der Waals surface area contributed by atoms with Crippen LogP contribution in [0.15, 0.2) is 30.3 Å². The Hall–Kier alpha value is -2.77. The van der Waals surface area contributed by atoms with Crippen LogP contribution in [0.1, 0.15) is 17.0 Å². The van der Waals surface area contributed by atoms with Gasteiger partial charge in [-0.05, 0) is 41.8 Å². The smallest absolute Gasteiger partial charge is 0.394 e. The van der Waals surface area contributed by atoms with Gasteiger partial charge < -0.3 is 34.1 Å². The molecule has 1 saturated heterocycles. The van der Waals surface area contributed by atoms with Crippen molar-refractivity contribution in [3.8, 4) is 28.7 Å². The largest absolute Gasteiger partial charge is 0.493 e. The molecule has 0 spiro atoms. The lowest BCUT2D eigenvalue weighted by Gasteiger charge is -2.34. The number of ether oxygens (including phenoxy) is 5. The Morgan fingerprint density at radius 1 is 0.886 bits per heavy atom. The first kappa shape index (κ1) is 28.5. The van der Waals surface area contributed by atoms with E-state index >= 15 is 0 Å². The molecular weight excluding hydrogens is 482 g/mol. The fourth-order valence-corrected chi connectivity index (χ4v) is 4.38. The first-order valence-corrected chi connectivity index (χ1v) is 12.0. The van der Waals surface area contributed by atoms with Crippen molar-refractivity contribution in [3.05, 3.63) is 41.5 Å². The highest BCUT2D eigenvalue weighted by atomic mass is 32.3. The van der Waals surface area contributed by atoms with E-state index in [1.165, 1.54) is 0 Å². The number of hydrogen-bond acceptors (Lipinski definition) is 9. The highest BCUT2D eigenvalue weighted by Gasteiger charge is 2.44. The van der Waals surface area contributed by atoms with E-state index in [4.69, 9.17) is 41.2 Å². The van der Waals surface area contributed by atoms with E-state index in [0.717, 1.165) is 17.7 Å². The molecule has 0 aliphatic carbocycles. The van der Waals surface area contributed by atoms with Crippen molar-refractivity contribution in [2.45, 2.75) is 12.3 Å². The van der Waals surface area contributed by atoms with E-state index in [0.29, 0.717) is 41.7 Å². The van der Waals surface area contributed by atoms with Crippen LogP contribution in [-0.4, -0.2) is 77.9 Å². The predicted molar refractivity (Wildman–Crippen MR) is 129 cm³/mol. The minimum Gasteiger partial charge on any atom is -0.493 e. The van der Waals surface area contributed by atoms with Crippen molar-refractivity contribution in [1.29, 1.82) is 0 Å². The number of aliphatic hydroxyl groups is 1. The average Bonchev–Trinajstić information content (AvgIpc) is 3.25. The molecule has 0 saturated carbocycles. The Morgan fingerprint density at radius 2 is 1.43 bits per heavy atom. The zero-order valence-electron chi connectivity index (χ0n) is 20.4. The number of methoxy groups -OCH3 is 5. The molecule has 0 aromatic heterocycles. The fourth-order valence-electron chi connectivity index (χ4n) is 4.38. The van der Waals surface area contributed by atoms with Crippen molar-refractivity contribution in [2.75, 3.05) is 55.2 Å². The van der Waals surface area contributed by atoms with Crippen LogP contribution in [0.3, 0.4) is 0 Å². The van der Waals surface area contributed by atoms with Gasteiger partial charge in [-0.15, -0.1) is 0 Å². The van der Waals surface area contributed by atoms with Gasteiger partial charge in [0.25, 0.3) is 0 Å². The van der Waals surface area contributed by atoms with E-state index in [1.54, 1.807) is 35.5 Å². The second kappa shape index (κ2) is 12.3. The summed E-state index contributed by atoms with van der Waals surface area (Å²) in [6.45, 7) is 1.47. The maximum absolute atomic E-state index is 10.5. The molecule has 1 fully saturated rings. The minimum atomic E-state index is -4.67. The van der Waals surface area contributed by atoms with E-state index in [2.05, 4.69) is 5.32 Å². The van der Waals surface area contributed by atoms with Crippen molar-refractivity contribution in [2.24, 2.45) is 5.41 Å². The molecule has 3 rings (SSSR count). The third-order valence-electron chi connectivity index (χ3n) is 5.97. The van der Waals surface area contributed by atoms with E-state index in [-0.39, 0.29) is 17.9 Å². The number of hydrogen-bond donors (Lipinski definition) is 4. The highest BCUT2D eigenvalue weighted by Crippen LogP contribution is 2.47. The van der Waals surface area contributed by atoms with Crippen molar-refractivity contribution in [3.63, 3.8) is 0 Å². The molecule has 0 amide bonds. The van der Waals surface area contributed by atoms with Gasteiger partial charge in [0.05, 0.1) is 42.2 Å². The Morgan fingerprint density at radius 3 is 1.89 bits per heavy atom. The summed E-state index contributed by atoms with van der Waals surface area (Å²) >= 11 is 0. The number of nitrogens with one attached hydrogen (secondary N) is 1. The summed E-state index contributed by atoms with van der Waals surface area (Å²) in [5, 5.41) is 14.0. The molecule has 11 nitrogen and oxygen atoms in total. The van der Waals surface area contributed by atoms with Crippen LogP contribution >= 0.6 is 0 Å². The monoisotopic (exact) mass is 515 g/mol. The van der Waals surface area contributed by atoms with Gasteiger partial charge in [0.1, 0.15) is 0 Å². The molecule has 12 heteroatoms. The number of benzene rings is 2. The Balaban J connectivity index is 0.000000784. The van der Waals surface area contributed by atoms with Crippen molar-refractivity contribution in [1.82, 2.24) is 5.32 Å². The summed E-state index contributed by atoms with van der Waals surface area (Å²) in [7, 11) is 3.38. The third kappa shape index (κ3) is 7.12. The van der Waals surface area contributed by atoms with Crippen LogP contribution < -0.4 is 29.0 Å². The molecule has 1 aliphatic rings. The van der Waals surface area contributed by atoms with Gasteiger partial charge in [-0.3, -0.25) is 9.11 Å². The van der Waals surface area contributed by atoms with Crippen LogP contribution in [0.4, 0.5) is 0 Å². The Labute approximate surface area is 205 Å². The second-order valence-electron chi connectivity index (χ2n) is 7.98. The van der Waals surface area contributed by atoms with Gasteiger partial charge in [0.15, 0.2) is 23.0 Å². The summed E-state index contributed by atoms with van der Waals surface area (Å²) < 4.78 is 58.9. The first-order valence-electron chi connectivity index (χ1n) is 10.6. The Bertz CT molecular complexity index is 1060. The van der Waals surface area contributed by atoms with Gasteiger partial charge in [-0.2, -0.15) is 8.42 Å². The van der Waals surface area contributed by atoms with E-state index in [9.17, 15) is 5.11 Å². The van der Waals surface area contributed by atoms with Crippen LogP contribution in [0.25, 0.3) is 0 Å². The van der Waals surface area contributed by atoms with E-state index in [1.807, 2.05) is 30.3 Å². The maximum atomic E-state index is 10.5. The normalized spacial score (nSPS) is 19.4. The molecule has 2 atom stereocenters. The van der Waals surface area contributed by atoms with Crippen LogP contribution in [-0.2, 0) is 16.8 Å². The number of rotatable bonds is 9. The third-order valence-corrected chi connectivity index (χ3v) is 5.97. The molecule has 196 valence electrons. The molecule has 1 aliphatic heterocycles. The fraction of sp³-hybridized carbons (Fsp3) is 0.478. The van der Waals surface area contributed by atoms with E-state index < -0.39 is 10.4 Å². The van der Waals surface area contributed by atoms with Gasteiger partial charge in [-0.1, -0.05) is 6.07 Å². The molecule has 0 radical (unpaired) electrons. The predicted octanol–water partition coefficient (Wildman–Crippen LogP) is 1.99. The zero-order valence-corrected chi connectivity index (χ0v) is 21.2. The summed E-state index contributed by atoms with van der Waals surface area (Å²) in [5.41, 5.74) is 1.72. The lowest BCUT2D eigenvalue weighted by Crippen LogP contribution is -2.35. The molecule has 0 bridgehead atoms. The van der Waals surface area contributed by atoms with Crippen LogP contribution in [0.2, 0.25) is 0 Å². The molecule has 4 N–H and O–H groups in total. The molecule has 2 aromatic rings. The zero-order chi connectivity index (χ0) is 26.2. The Kier molecular flexibility index (Phi) is 9.98. The molecule has 2 unspecified atom stereocenters. The van der Waals surface area contributed by atoms with Crippen LogP contribution in [0, 0.1) is 5.41 Å². The van der Waals surface area contributed by atoms with Gasteiger partial charge in [-0.25, -0.2) is 0 Å². The minimum absolute atomic E-state index is 0.0374. The topological polar surface area (TPSA) is 153 Å². The van der Waals surface area contributed by atoms with Crippen molar-refractivity contribution >= 4 is 10.4 Å². The molecule has 35 heavy (non-hydrogen) atoms. The first-order chi connectivity index (χ1) is 16.5. The second-order valence-corrected chi connectivity index (χ2v) is 8.87. The summed E-state index contributed by atoms with van der Waals surface area (Å²) in [6, 6.07) is 9.83. The standard InChI is InChI=1S/C23H31NO6.H2O4S/c1-26-18-7-6-15(8-19(18)27-2)11-23(14-25)13-24-12-17(23)16-9-20(28-3)22(30-5)21(10-16)29-4;1-5(2,3)4/h6-10,17,24-25H,11-14H2,1-5H3;(H2,1,2,3,4). The lowest BCUT2D eigenvalue weighted by molar-refractivity contribution is 0.126. The lowest BCUT2D eigenvalue weighted by atomic mass is 9.71. The quantitative estimate of drug-likeness (QED) is 0.363. The van der Waals surface area contributed by atoms with Gasteiger partial charge >= 0.3 is 10.4 Å². The average molecular weight is 516 g/mol. The molecule has 1 heterocycles. The van der Waals surface area contributed by atoms with Gasteiger partial charge in [0, 0.05) is 24.4 Å². The highest BCUT2D eigenvalue weighted by molar-refractivity contribution is 7.79. The maximum Gasteiger partial charge on any atom is 0.394 e.